The fraction of sp³-hybridized carbons (Fsp3) is 0.923. The van der Waals surface area contributed by atoms with Gasteiger partial charge in [0.05, 0.1) is 0 Å². The molecule has 32 heavy (non-hydrogen) atoms. The molecule has 0 unspecified atom stereocenters. The highest BCUT2D eigenvalue weighted by Crippen LogP contribution is 2.50. The predicted molar refractivity (Wildman–Crippen MR) is 135 cm³/mol. The second kappa shape index (κ2) is 12.7. The van der Waals surface area contributed by atoms with E-state index in [1.54, 1.807) is 0 Å². The van der Waals surface area contributed by atoms with E-state index in [2.05, 4.69) is 79.9 Å². The molecule has 6 nitrogen and oxygen atoms in total. The van der Waals surface area contributed by atoms with Crippen LogP contribution >= 0.6 is 0 Å². The zero-order valence-corrected chi connectivity index (χ0v) is 22.6. The Morgan fingerprint density at radius 2 is 1.00 bits per heavy atom. The van der Waals surface area contributed by atoms with Gasteiger partial charge in [0.15, 0.2) is 0 Å². The van der Waals surface area contributed by atoms with Crippen molar-refractivity contribution in [2.75, 3.05) is 13.1 Å². The van der Waals surface area contributed by atoms with Crippen LogP contribution in [0.5, 0.6) is 0 Å². The molecule has 0 aliphatic heterocycles. The molecule has 1 fully saturated rings. The Morgan fingerprint density at radius 3 is 1.22 bits per heavy atom. The Bertz CT molecular complexity index is 526. The first-order chi connectivity index (χ1) is 15.0. The third kappa shape index (κ3) is 6.77. The molecule has 1 rings (SSSR count). The minimum absolute atomic E-state index is 0.0546. The van der Waals surface area contributed by atoms with E-state index in [-0.39, 0.29) is 41.6 Å². The fourth-order valence-electron chi connectivity index (χ4n) is 4.88. The topological polar surface area (TPSA) is 64.7 Å². The lowest BCUT2D eigenvalue weighted by atomic mass is 9.54. The smallest absolute Gasteiger partial charge is 0.317 e. The second-order valence-corrected chi connectivity index (χ2v) is 10.7. The van der Waals surface area contributed by atoms with Gasteiger partial charge in [0.1, 0.15) is 0 Å². The first kappa shape index (κ1) is 28.6. The van der Waals surface area contributed by atoms with Crippen molar-refractivity contribution in [2.24, 2.45) is 17.3 Å². The van der Waals surface area contributed by atoms with Crippen molar-refractivity contribution >= 4 is 12.1 Å². The fourth-order valence-corrected chi connectivity index (χ4v) is 4.88. The van der Waals surface area contributed by atoms with Crippen LogP contribution in [-0.2, 0) is 0 Å². The number of carbonyl (C=O) groups is 2. The van der Waals surface area contributed by atoms with E-state index in [1.807, 2.05) is 9.80 Å². The van der Waals surface area contributed by atoms with Gasteiger partial charge in [-0.2, -0.15) is 0 Å². The summed E-state index contributed by atoms with van der Waals surface area (Å²) in [4.78, 5) is 29.8. The Labute approximate surface area is 198 Å². The summed E-state index contributed by atoms with van der Waals surface area (Å²) in [7, 11) is 0. The van der Waals surface area contributed by atoms with Gasteiger partial charge in [0.2, 0.25) is 0 Å². The third-order valence-corrected chi connectivity index (χ3v) is 8.40. The van der Waals surface area contributed by atoms with Crippen molar-refractivity contribution in [1.29, 1.82) is 0 Å². The summed E-state index contributed by atoms with van der Waals surface area (Å²) in [5.74, 6) is 0.869. The zero-order valence-electron chi connectivity index (χ0n) is 22.6. The van der Waals surface area contributed by atoms with Crippen LogP contribution in [0.2, 0.25) is 0 Å². The molecule has 4 amide bonds. The van der Waals surface area contributed by atoms with E-state index in [4.69, 9.17) is 0 Å². The Balaban J connectivity index is 2.61. The molecule has 6 heteroatoms. The van der Waals surface area contributed by atoms with Gasteiger partial charge in [-0.15, -0.1) is 0 Å². The molecule has 0 bridgehead atoms. The first-order valence-electron chi connectivity index (χ1n) is 13.1. The van der Waals surface area contributed by atoms with Crippen LogP contribution in [0.3, 0.4) is 0 Å². The van der Waals surface area contributed by atoms with Crippen molar-refractivity contribution < 1.29 is 9.59 Å². The molecule has 1 saturated carbocycles. The highest BCUT2D eigenvalue weighted by Gasteiger charge is 2.48. The molecule has 2 N–H and O–H groups in total. The normalized spacial score (nSPS) is 23.3. The number of nitrogens with one attached hydrogen (secondary N) is 2. The minimum atomic E-state index is 0.0546. The number of rotatable bonds is 12. The van der Waals surface area contributed by atoms with E-state index in [0.29, 0.717) is 24.9 Å². The third-order valence-electron chi connectivity index (χ3n) is 8.40. The van der Waals surface area contributed by atoms with Gasteiger partial charge >= 0.3 is 12.1 Å². The molecule has 0 aromatic carbocycles. The Morgan fingerprint density at radius 1 is 0.719 bits per heavy atom. The standard InChI is InChI=1S/C26H52N4O2/c1-11-18(5)29(19(6)12-2)24(31)27-16-22-15-23(26(22,9)10)17-28-25(32)30(20(7)13-3)21(8)14-4/h18-23H,11-17H2,1-10H3,(H,27,31)(H,28,32)/t18-,19-,20+,21+,22-,23+. The van der Waals surface area contributed by atoms with E-state index in [1.165, 1.54) is 0 Å². The molecule has 0 radical (unpaired) electrons. The maximum absolute atomic E-state index is 12.9. The monoisotopic (exact) mass is 452 g/mol. The highest BCUT2D eigenvalue weighted by molar-refractivity contribution is 5.75. The summed E-state index contributed by atoms with van der Waals surface area (Å²) >= 11 is 0. The van der Waals surface area contributed by atoms with Crippen LogP contribution in [0, 0.1) is 17.3 Å². The van der Waals surface area contributed by atoms with Crippen LogP contribution in [-0.4, -0.2) is 59.1 Å². The molecule has 0 spiro atoms. The van der Waals surface area contributed by atoms with Crippen molar-refractivity contribution in [3.05, 3.63) is 0 Å². The number of amides is 4. The predicted octanol–water partition coefficient (Wildman–Crippen LogP) is 5.87. The average Bonchev–Trinajstić information content (AvgIpc) is 2.77. The van der Waals surface area contributed by atoms with Gasteiger partial charge < -0.3 is 20.4 Å². The summed E-state index contributed by atoms with van der Waals surface area (Å²) in [6.45, 7) is 23.0. The van der Waals surface area contributed by atoms with Gasteiger partial charge in [-0.05, 0) is 77.0 Å². The molecule has 1 aliphatic rings. The van der Waals surface area contributed by atoms with Crippen molar-refractivity contribution in [1.82, 2.24) is 20.4 Å². The SMILES string of the molecule is CC[C@@H](C)N(C(=O)NC[C@H]1C[C@@H](CNC(=O)N([C@@H](C)CC)[C@@H](C)CC)C1(C)C)[C@H](C)CC. The first-order valence-corrected chi connectivity index (χ1v) is 13.1. The van der Waals surface area contributed by atoms with Crippen LogP contribution in [0.15, 0.2) is 0 Å². The maximum Gasteiger partial charge on any atom is 0.317 e. The summed E-state index contributed by atoms with van der Waals surface area (Å²) in [6.07, 6.45) is 4.86. The molecular weight excluding hydrogens is 400 g/mol. The maximum atomic E-state index is 12.9. The quantitative estimate of drug-likeness (QED) is 0.389. The zero-order chi connectivity index (χ0) is 24.6. The number of hydrogen-bond acceptors (Lipinski definition) is 2. The summed E-state index contributed by atoms with van der Waals surface area (Å²) < 4.78 is 0. The van der Waals surface area contributed by atoms with Crippen molar-refractivity contribution in [2.45, 2.75) is 126 Å². The summed E-state index contributed by atoms with van der Waals surface area (Å²) in [5.41, 5.74) is 0.0930. The molecule has 6 atom stereocenters. The lowest BCUT2D eigenvalue weighted by Crippen LogP contribution is -2.57. The Kier molecular flexibility index (Phi) is 11.3. The molecular formula is C26H52N4O2. The lowest BCUT2D eigenvalue weighted by molar-refractivity contribution is -0.0165. The summed E-state index contributed by atoms with van der Waals surface area (Å²) in [5, 5.41) is 6.42. The summed E-state index contributed by atoms with van der Waals surface area (Å²) in [6, 6.07) is 1.06. The van der Waals surface area contributed by atoms with Gasteiger partial charge in [0, 0.05) is 37.3 Å². The molecule has 0 heterocycles. The van der Waals surface area contributed by atoms with Crippen LogP contribution in [0.25, 0.3) is 0 Å². The highest BCUT2D eigenvalue weighted by atomic mass is 16.2. The van der Waals surface area contributed by atoms with Crippen LogP contribution < -0.4 is 10.6 Å². The van der Waals surface area contributed by atoms with Crippen molar-refractivity contribution in [3.8, 4) is 0 Å². The second-order valence-electron chi connectivity index (χ2n) is 10.7. The molecule has 1 aliphatic carbocycles. The van der Waals surface area contributed by atoms with E-state index in [0.717, 1.165) is 32.1 Å². The average molecular weight is 453 g/mol. The number of nitrogens with zero attached hydrogens (tertiary/aromatic N) is 2. The number of carbonyl (C=O) groups excluding carboxylic acids is 2. The van der Waals surface area contributed by atoms with E-state index in [9.17, 15) is 9.59 Å². The van der Waals surface area contributed by atoms with Crippen molar-refractivity contribution in [3.63, 3.8) is 0 Å². The molecule has 0 aromatic rings. The molecule has 188 valence electrons. The van der Waals surface area contributed by atoms with Gasteiger partial charge in [-0.1, -0.05) is 41.5 Å². The number of hydrogen-bond donors (Lipinski definition) is 2. The molecule has 0 aromatic heterocycles. The van der Waals surface area contributed by atoms with E-state index >= 15 is 0 Å². The van der Waals surface area contributed by atoms with Gasteiger partial charge in [-0.3, -0.25) is 0 Å². The van der Waals surface area contributed by atoms with Gasteiger partial charge in [-0.25, -0.2) is 9.59 Å². The lowest BCUT2D eigenvalue weighted by Gasteiger charge is -2.53. The Hall–Kier alpha value is -1.46. The number of urea groups is 2. The molecule has 0 saturated heterocycles. The van der Waals surface area contributed by atoms with Crippen LogP contribution in [0.4, 0.5) is 9.59 Å². The van der Waals surface area contributed by atoms with E-state index < -0.39 is 0 Å². The largest absolute Gasteiger partial charge is 0.338 e. The minimum Gasteiger partial charge on any atom is -0.338 e. The van der Waals surface area contributed by atoms with Gasteiger partial charge in [0.25, 0.3) is 0 Å². The van der Waals surface area contributed by atoms with Crippen LogP contribution in [0.1, 0.15) is 101 Å².